The largest absolute Gasteiger partial charge is 0.437 e. The fourth-order valence-corrected chi connectivity index (χ4v) is 2.48. The molecule has 0 amide bonds. The summed E-state index contributed by atoms with van der Waals surface area (Å²) in [4.78, 5) is 9.28. The Morgan fingerprint density at radius 1 is 1.26 bits per heavy atom. The highest BCUT2D eigenvalue weighted by atomic mass is 35.5. The Morgan fingerprint density at radius 3 is 2.79 bits per heavy atom. The molecule has 3 nitrogen and oxygen atoms in total. The monoisotopic (exact) mass is 294 g/mol. The molecule has 1 aromatic heterocycles. The Hall–Kier alpha value is -1.26. The predicted molar refractivity (Wildman–Crippen MR) is 79.3 cm³/mol. The van der Waals surface area contributed by atoms with Crippen molar-refractivity contribution in [2.45, 2.75) is 24.7 Å². The first-order chi connectivity index (χ1) is 9.26. The van der Waals surface area contributed by atoms with Crippen molar-refractivity contribution in [2.24, 2.45) is 0 Å². The topological polar surface area (TPSA) is 35.0 Å². The highest BCUT2D eigenvalue weighted by molar-refractivity contribution is 7.98. The number of aromatic nitrogens is 2. The van der Waals surface area contributed by atoms with Crippen LogP contribution in [0.15, 0.2) is 35.5 Å². The molecule has 0 fully saturated rings. The first kappa shape index (κ1) is 14.2. The van der Waals surface area contributed by atoms with Gasteiger partial charge in [0, 0.05) is 4.90 Å². The summed E-state index contributed by atoms with van der Waals surface area (Å²) in [7, 11) is 0. The van der Waals surface area contributed by atoms with Crippen LogP contribution in [0.25, 0.3) is 0 Å². The van der Waals surface area contributed by atoms with E-state index in [-0.39, 0.29) is 0 Å². The van der Waals surface area contributed by atoms with Gasteiger partial charge < -0.3 is 4.74 Å². The van der Waals surface area contributed by atoms with E-state index < -0.39 is 0 Å². The van der Waals surface area contributed by atoms with Crippen LogP contribution in [0.1, 0.15) is 18.9 Å². The zero-order valence-electron chi connectivity index (χ0n) is 10.9. The molecule has 0 N–H and O–H groups in total. The van der Waals surface area contributed by atoms with Gasteiger partial charge in [-0.2, -0.15) is 0 Å². The van der Waals surface area contributed by atoms with Crippen LogP contribution in [0.2, 0.25) is 5.15 Å². The van der Waals surface area contributed by atoms with E-state index in [1.54, 1.807) is 11.8 Å². The second-order valence-corrected chi connectivity index (χ2v) is 5.16. The van der Waals surface area contributed by atoms with Crippen molar-refractivity contribution in [3.05, 3.63) is 41.3 Å². The smallest absolute Gasteiger partial charge is 0.227 e. The van der Waals surface area contributed by atoms with Gasteiger partial charge in [0.1, 0.15) is 17.2 Å². The number of benzene rings is 1. The summed E-state index contributed by atoms with van der Waals surface area (Å²) in [6.45, 7) is 2.09. The van der Waals surface area contributed by atoms with Crippen molar-refractivity contribution < 1.29 is 4.74 Å². The summed E-state index contributed by atoms with van der Waals surface area (Å²) in [6, 6.07) is 7.87. The standard InChI is InChI=1S/C14H15ClN2OS/c1-3-6-10-13(15)16-9-17-14(10)18-11-7-4-5-8-12(11)19-2/h4-5,7-9H,3,6H2,1-2H3. The molecule has 2 aromatic rings. The molecule has 100 valence electrons. The van der Waals surface area contributed by atoms with Gasteiger partial charge in [-0.05, 0) is 24.8 Å². The van der Waals surface area contributed by atoms with Gasteiger partial charge in [-0.1, -0.05) is 37.1 Å². The molecule has 0 aliphatic carbocycles. The summed E-state index contributed by atoms with van der Waals surface area (Å²) in [5, 5.41) is 0.466. The maximum absolute atomic E-state index is 6.11. The van der Waals surface area contributed by atoms with Gasteiger partial charge in [0.2, 0.25) is 5.88 Å². The maximum atomic E-state index is 6.11. The maximum Gasteiger partial charge on any atom is 0.227 e. The van der Waals surface area contributed by atoms with Crippen LogP contribution in [-0.2, 0) is 6.42 Å². The van der Waals surface area contributed by atoms with E-state index in [0.717, 1.165) is 29.1 Å². The Balaban J connectivity index is 2.35. The first-order valence-electron chi connectivity index (χ1n) is 6.06. The van der Waals surface area contributed by atoms with Crippen molar-refractivity contribution in [3.8, 4) is 11.6 Å². The lowest BCUT2D eigenvalue weighted by atomic mass is 10.2. The fraction of sp³-hybridized carbons (Fsp3) is 0.286. The fourth-order valence-electron chi connectivity index (χ4n) is 1.73. The van der Waals surface area contributed by atoms with Crippen molar-refractivity contribution in [1.29, 1.82) is 0 Å². The van der Waals surface area contributed by atoms with Gasteiger partial charge >= 0.3 is 0 Å². The summed E-state index contributed by atoms with van der Waals surface area (Å²) in [5.74, 6) is 1.34. The zero-order valence-corrected chi connectivity index (χ0v) is 12.5. The molecular weight excluding hydrogens is 280 g/mol. The van der Waals surface area contributed by atoms with Gasteiger partial charge in [0.05, 0.1) is 5.56 Å². The van der Waals surface area contributed by atoms with Crippen LogP contribution >= 0.6 is 23.4 Å². The molecule has 0 unspecified atom stereocenters. The van der Waals surface area contributed by atoms with E-state index in [1.165, 1.54) is 6.33 Å². The Morgan fingerprint density at radius 2 is 2.05 bits per heavy atom. The number of hydrogen-bond acceptors (Lipinski definition) is 4. The molecule has 0 radical (unpaired) electrons. The van der Waals surface area contributed by atoms with E-state index in [9.17, 15) is 0 Å². The molecule has 19 heavy (non-hydrogen) atoms. The predicted octanol–water partition coefficient (Wildman–Crippen LogP) is 4.60. The van der Waals surface area contributed by atoms with Crippen molar-refractivity contribution in [3.63, 3.8) is 0 Å². The molecule has 0 saturated carbocycles. The van der Waals surface area contributed by atoms with E-state index >= 15 is 0 Å². The molecule has 2 rings (SSSR count). The average Bonchev–Trinajstić information content (AvgIpc) is 2.43. The lowest BCUT2D eigenvalue weighted by Crippen LogP contribution is -1.98. The third-order valence-corrected chi connectivity index (χ3v) is 3.73. The molecule has 0 spiro atoms. The second-order valence-electron chi connectivity index (χ2n) is 3.95. The third-order valence-electron chi connectivity index (χ3n) is 2.63. The van der Waals surface area contributed by atoms with Gasteiger partial charge in [-0.25, -0.2) is 9.97 Å². The van der Waals surface area contributed by atoms with E-state index in [4.69, 9.17) is 16.3 Å². The Kier molecular flexibility index (Phi) is 5.05. The lowest BCUT2D eigenvalue weighted by Gasteiger charge is -2.12. The van der Waals surface area contributed by atoms with Crippen LogP contribution in [-0.4, -0.2) is 16.2 Å². The van der Waals surface area contributed by atoms with E-state index in [2.05, 4.69) is 16.9 Å². The third kappa shape index (κ3) is 3.39. The van der Waals surface area contributed by atoms with Crippen LogP contribution < -0.4 is 4.74 Å². The second kappa shape index (κ2) is 6.78. The normalized spacial score (nSPS) is 10.5. The van der Waals surface area contributed by atoms with Crippen LogP contribution in [0.5, 0.6) is 11.6 Å². The van der Waals surface area contributed by atoms with E-state index in [1.807, 2.05) is 30.5 Å². The Labute approximate surface area is 122 Å². The summed E-state index contributed by atoms with van der Waals surface area (Å²) in [5.41, 5.74) is 0.863. The minimum Gasteiger partial charge on any atom is -0.437 e. The molecule has 0 bridgehead atoms. The molecule has 0 aliphatic rings. The van der Waals surface area contributed by atoms with Crippen LogP contribution in [0.4, 0.5) is 0 Å². The number of thioether (sulfide) groups is 1. The Bertz CT molecular complexity index is 563. The lowest BCUT2D eigenvalue weighted by molar-refractivity contribution is 0.444. The minimum absolute atomic E-state index is 0.466. The molecule has 0 saturated heterocycles. The van der Waals surface area contributed by atoms with Crippen molar-refractivity contribution >= 4 is 23.4 Å². The molecule has 1 heterocycles. The molecule has 5 heteroatoms. The van der Waals surface area contributed by atoms with Gasteiger partial charge in [0.25, 0.3) is 0 Å². The van der Waals surface area contributed by atoms with E-state index in [0.29, 0.717) is 11.0 Å². The number of ether oxygens (including phenoxy) is 1. The molecular formula is C14H15ClN2OS. The average molecular weight is 295 g/mol. The summed E-state index contributed by atoms with van der Waals surface area (Å²) >= 11 is 7.75. The first-order valence-corrected chi connectivity index (χ1v) is 7.66. The van der Waals surface area contributed by atoms with Crippen LogP contribution in [0.3, 0.4) is 0 Å². The number of nitrogens with zero attached hydrogens (tertiary/aromatic N) is 2. The zero-order chi connectivity index (χ0) is 13.7. The molecule has 0 aliphatic heterocycles. The highest BCUT2D eigenvalue weighted by Gasteiger charge is 2.12. The van der Waals surface area contributed by atoms with Crippen molar-refractivity contribution in [2.75, 3.05) is 6.26 Å². The van der Waals surface area contributed by atoms with Crippen LogP contribution in [0, 0.1) is 0 Å². The number of hydrogen-bond donors (Lipinski definition) is 0. The molecule has 1 aromatic carbocycles. The highest BCUT2D eigenvalue weighted by Crippen LogP contribution is 2.33. The minimum atomic E-state index is 0.466. The van der Waals surface area contributed by atoms with Gasteiger partial charge in [-0.3, -0.25) is 0 Å². The molecule has 0 atom stereocenters. The summed E-state index contributed by atoms with van der Waals surface area (Å²) in [6.07, 6.45) is 5.21. The van der Waals surface area contributed by atoms with Crippen molar-refractivity contribution in [1.82, 2.24) is 9.97 Å². The number of para-hydroxylation sites is 1. The quantitative estimate of drug-likeness (QED) is 0.596. The summed E-state index contributed by atoms with van der Waals surface area (Å²) < 4.78 is 5.91. The number of rotatable bonds is 5. The SMILES string of the molecule is CCCc1c(Cl)ncnc1Oc1ccccc1SC. The van der Waals surface area contributed by atoms with Gasteiger partial charge in [-0.15, -0.1) is 11.8 Å². The number of halogens is 1. The van der Waals surface area contributed by atoms with Gasteiger partial charge in [0.15, 0.2) is 0 Å².